The number of carbonyl (C=O) groups is 2. The third-order valence-electron chi connectivity index (χ3n) is 4.43. The summed E-state index contributed by atoms with van der Waals surface area (Å²) in [7, 11) is 0. The van der Waals surface area contributed by atoms with E-state index in [1.165, 1.54) is 0 Å². The molecule has 2 aliphatic rings. The Bertz CT molecular complexity index is 538. The largest absolute Gasteiger partial charge is 0.499 e. The molecule has 3 atom stereocenters. The summed E-state index contributed by atoms with van der Waals surface area (Å²) >= 11 is 0. The van der Waals surface area contributed by atoms with E-state index >= 15 is 0 Å². The molecule has 1 heterocycles. The van der Waals surface area contributed by atoms with Crippen LogP contribution < -0.4 is 0 Å². The molecule has 0 spiro atoms. The molecule has 23 heavy (non-hydrogen) atoms. The quantitative estimate of drug-likeness (QED) is 0.446. The third kappa shape index (κ3) is 2.76. The maximum absolute atomic E-state index is 11.5. The highest BCUT2D eigenvalue weighted by molar-refractivity contribution is 5.89. The van der Waals surface area contributed by atoms with Gasteiger partial charge in [-0.1, -0.05) is 13.8 Å². The maximum atomic E-state index is 11.5. The van der Waals surface area contributed by atoms with Crippen molar-refractivity contribution in [2.24, 2.45) is 5.41 Å². The lowest BCUT2D eigenvalue weighted by atomic mass is 10.0. The van der Waals surface area contributed by atoms with Gasteiger partial charge in [-0.3, -0.25) is 4.79 Å². The van der Waals surface area contributed by atoms with Gasteiger partial charge in [-0.2, -0.15) is 0 Å². The van der Waals surface area contributed by atoms with Crippen LogP contribution in [0.15, 0.2) is 11.5 Å². The first-order valence-electron chi connectivity index (χ1n) is 7.50. The van der Waals surface area contributed by atoms with E-state index in [0.29, 0.717) is 6.42 Å². The Morgan fingerprint density at radius 1 is 1.39 bits per heavy atom. The van der Waals surface area contributed by atoms with E-state index in [1.54, 1.807) is 20.8 Å². The first kappa shape index (κ1) is 17.6. The molecule has 1 unspecified atom stereocenters. The summed E-state index contributed by atoms with van der Waals surface area (Å²) in [6.45, 7) is 5.24. The molecule has 0 bridgehead atoms. The van der Waals surface area contributed by atoms with Crippen LogP contribution in [0.5, 0.6) is 0 Å². The van der Waals surface area contributed by atoms with Crippen molar-refractivity contribution in [3.63, 3.8) is 0 Å². The van der Waals surface area contributed by atoms with Crippen molar-refractivity contribution in [1.82, 2.24) is 0 Å². The highest BCUT2D eigenvalue weighted by Gasteiger charge is 2.78. The van der Waals surface area contributed by atoms with Crippen molar-refractivity contribution in [3.8, 4) is 0 Å². The second kappa shape index (κ2) is 6.01. The third-order valence-corrected chi connectivity index (χ3v) is 4.43. The van der Waals surface area contributed by atoms with Crippen LogP contribution in [0.4, 0.5) is 0 Å². The molecule has 2 rings (SSSR count). The zero-order valence-corrected chi connectivity index (χ0v) is 13.4. The number of esters is 2. The van der Waals surface area contributed by atoms with Crippen molar-refractivity contribution in [1.29, 1.82) is 0 Å². The number of aliphatic hydroxyl groups is 3. The topological polar surface area (TPSA) is 123 Å². The highest BCUT2D eigenvalue weighted by atomic mass is 16.6. The molecule has 1 saturated carbocycles. The van der Waals surface area contributed by atoms with Crippen LogP contribution in [-0.4, -0.2) is 58.3 Å². The second-order valence-electron chi connectivity index (χ2n) is 6.20. The van der Waals surface area contributed by atoms with Crippen LogP contribution >= 0.6 is 0 Å². The summed E-state index contributed by atoms with van der Waals surface area (Å²) in [5, 5.41) is 30.2. The maximum Gasteiger partial charge on any atom is 0.378 e. The summed E-state index contributed by atoms with van der Waals surface area (Å²) in [4.78, 5) is 22.8. The van der Waals surface area contributed by atoms with E-state index in [9.17, 15) is 24.9 Å². The average Bonchev–Trinajstić information content (AvgIpc) is 2.75. The van der Waals surface area contributed by atoms with Gasteiger partial charge in [0.15, 0.2) is 11.9 Å². The number of hydrogen-bond donors (Lipinski definition) is 3. The van der Waals surface area contributed by atoms with Gasteiger partial charge in [-0.05, 0) is 13.3 Å². The minimum Gasteiger partial charge on any atom is -0.499 e. The van der Waals surface area contributed by atoms with Gasteiger partial charge in [0, 0.05) is 11.8 Å². The summed E-state index contributed by atoms with van der Waals surface area (Å²) in [6, 6.07) is 0. The predicted octanol–water partition coefficient (Wildman–Crippen LogP) is 0.173. The fraction of sp³-hybridized carbons (Fsp3) is 0.733. The molecule has 8 heteroatoms. The van der Waals surface area contributed by atoms with Crippen molar-refractivity contribution in [3.05, 3.63) is 11.5 Å². The summed E-state index contributed by atoms with van der Waals surface area (Å²) in [5.74, 6) is -2.33. The number of ether oxygens (including phenoxy) is 3. The molecule has 0 aromatic carbocycles. The van der Waals surface area contributed by atoms with Gasteiger partial charge in [-0.25, -0.2) is 4.79 Å². The lowest BCUT2D eigenvalue weighted by molar-refractivity contribution is -0.151. The van der Waals surface area contributed by atoms with Crippen LogP contribution in [0.1, 0.15) is 33.6 Å². The van der Waals surface area contributed by atoms with E-state index in [1.807, 2.05) is 0 Å². The zero-order valence-electron chi connectivity index (χ0n) is 13.4. The first-order chi connectivity index (χ1) is 10.7. The molecule has 0 aromatic heterocycles. The summed E-state index contributed by atoms with van der Waals surface area (Å²) in [5.41, 5.74) is -2.62. The molecular formula is C15H22O8. The van der Waals surface area contributed by atoms with Gasteiger partial charge in [0.1, 0.15) is 5.60 Å². The minimum absolute atomic E-state index is 0.0257. The van der Waals surface area contributed by atoms with Crippen LogP contribution in [0.3, 0.4) is 0 Å². The lowest BCUT2D eigenvalue weighted by Gasteiger charge is -2.22. The number of rotatable bonds is 7. The standard InChI is InChI=1S/C15H22O8/c1-4-21-8(16)6-5-7-22-10-9(17)12(18)23-11(10)15(20)13(19)14(15,2)3/h11,13,17,19-20H,4-7H2,1-3H3/t11-,13?,15+/m0/s1. The Hall–Kier alpha value is -1.80. The van der Waals surface area contributed by atoms with Gasteiger partial charge in [0.05, 0.1) is 19.3 Å². The van der Waals surface area contributed by atoms with Gasteiger partial charge in [0.2, 0.25) is 5.76 Å². The fourth-order valence-corrected chi connectivity index (χ4v) is 2.73. The molecule has 3 N–H and O–H groups in total. The first-order valence-corrected chi connectivity index (χ1v) is 7.50. The molecule has 1 fully saturated rings. The predicted molar refractivity (Wildman–Crippen MR) is 76.1 cm³/mol. The Labute approximate surface area is 133 Å². The van der Waals surface area contributed by atoms with Gasteiger partial charge >= 0.3 is 11.9 Å². The van der Waals surface area contributed by atoms with E-state index in [2.05, 4.69) is 0 Å². The number of cyclic esters (lactones) is 1. The summed E-state index contributed by atoms with van der Waals surface area (Å²) < 4.78 is 15.1. The number of aliphatic hydroxyl groups excluding tert-OH is 2. The highest BCUT2D eigenvalue weighted by Crippen LogP contribution is 2.60. The number of carbonyl (C=O) groups excluding carboxylic acids is 2. The Morgan fingerprint density at radius 3 is 2.52 bits per heavy atom. The minimum atomic E-state index is -1.72. The Kier molecular flexibility index (Phi) is 4.59. The Balaban J connectivity index is 1.98. The van der Waals surface area contributed by atoms with E-state index in [-0.39, 0.29) is 31.4 Å². The Morgan fingerprint density at radius 2 is 2.00 bits per heavy atom. The van der Waals surface area contributed by atoms with E-state index in [0.717, 1.165) is 0 Å². The van der Waals surface area contributed by atoms with Crippen molar-refractivity contribution >= 4 is 11.9 Å². The SMILES string of the molecule is CCOC(=O)CCCOC1=C(O)C(=O)O[C@@H]1[C@@]1(O)C(O)C1(C)C. The average molecular weight is 330 g/mol. The van der Waals surface area contributed by atoms with Crippen LogP contribution in [0.25, 0.3) is 0 Å². The molecule has 8 nitrogen and oxygen atoms in total. The molecular weight excluding hydrogens is 308 g/mol. The molecule has 0 amide bonds. The normalized spacial score (nSPS) is 31.8. The van der Waals surface area contributed by atoms with Crippen LogP contribution in [0, 0.1) is 5.41 Å². The van der Waals surface area contributed by atoms with Crippen LogP contribution in [0.2, 0.25) is 0 Å². The van der Waals surface area contributed by atoms with Crippen molar-refractivity contribution < 1.29 is 39.1 Å². The monoisotopic (exact) mass is 330 g/mol. The second-order valence-corrected chi connectivity index (χ2v) is 6.20. The molecule has 130 valence electrons. The smallest absolute Gasteiger partial charge is 0.378 e. The molecule has 0 saturated heterocycles. The molecule has 0 aromatic rings. The van der Waals surface area contributed by atoms with Gasteiger partial charge < -0.3 is 29.5 Å². The molecule has 1 aliphatic heterocycles. The van der Waals surface area contributed by atoms with Crippen molar-refractivity contribution in [2.75, 3.05) is 13.2 Å². The van der Waals surface area contributed by atoms with E-state index < -0.39 is 35.0 Å². The van der Waals surface area contributed by atoms with Gasteiger partial charge in [0.25, 0.3) is 0 Å². The molecule has 0 radical (unpaired) electrons. The fourth-order valence-electron chi connectivity index (χ4n) is 2.73. The van der Waals surface area contributed by atoms with E-state index in [4.69, 9.17) is 14.2 Å². The summed E-state index contributed by atoms with van der Waals surface area (Å²) in [6.07, 6.45) is -1.96. The van der Waals surface area contributed by atoms with Crippen LogP contribution in [-0.2, 0) is 23.8 Å². The molecule has 1 aliphatic carbocycles. The lowest BCUT2D eigenvalue weighted by Crippen LogP contribution is -2.37. The number of hydrogen-bond acceptors (Lipinski definition) is 8. The zero-order chi connectivity index (χ0) is 17.4. The van der Waals surface area contributed by atoms with Crippen molar-refractivity contribution in [2.45, 2.75) is 51.4 Å². The van der Waals surface area contributed by atoms with Gasteiger partial charge in [-0.15, -0.1) is 0 Å².